The number of ether oxygens (including phenoxy) is 2. The smallest absolute Gasteiger partial charge is 0.195 e. The van der Waals surface area contributed by atoms with Gasteiger partial charge in [0, 0.05) is 44.6 Å². The molecule has 0 aliphatic carbocycles. The van der Waals surface area contributed by atoms with Crippen LogP contribution in [0, 0.1) is 0 Å². The lowest BCUT2D eigenvalue weighted by atomic mass is 10.2. The van der Waals surface area contributed by atoms with Crippen molar-refractivity contribution in [2.75, 3.05) is 44.1 Å². The van der Waals surface area contributed by atoms with Gasteiger partial charge in [-0.3, -0.25) is 4.99 Å². The summed E-state index contributed by atoms with van der Waals surface area (Å²) in [6, 6.07) is 9.91. The van der Waals surface area contributed by atoms with Crippen molar-refractivity contribution in [3.05, 3.63) is 42.1 Å². The number of guanidine groups is 1. The maximum atomic E-state index is 5.56. The van der Waals surface area contributed by atoms with Crippen LogP contribution in [0.25, 0.3) is 0 Å². The van der Waals surface area contributed by atoms with Crippen molar-refractivity contribution < 1.29 is 9.47 Å². The Kier molecular flexibility index (Phi) is 6.94. The lowest BCUT2D eigenvalue weighted by molar-refractivity contribution is 0.311. The first-order valence-corrected chi connectivity index (χ1v) is 9.72. The van der Waals surface area contributed by atoms with Gasteiger partial charge in [0.1, 0.15) is 5.82 Å². The van der Waals surface area contributed by atoms with Crippen molar-refractivity contribution in [2.24, 2.45) is 4.99 Å². The number of rotatable bonds is 7. The van der Waals surface area contributed by atoms with Crippen molar-refractivity contribution in [1.82, 2.24) is 10.3 Å². The van der Waals surface area contributed by atoms with Crippen LogP contribution in [-0.4, -0.2) is 44.8 Å². The fourth-order valence-corrected chi connectivity index (χ4v) is 3.21. The second-order valence-electron chi connectivity index (χ2n) is 6.57. The number of anilines is 2. The zero-order valence-corrected chi connectivity index (χ0v) is 16.9. The Hall–Kier alpha value is -2.96. The molecule has 0 atom stereocenters. The number of hydrogen-bond acceptors (Lipinski definition) is 5. The molecule has 2 heterocycles. The van der Waals surface area contributed by atoms with Gasteiger partial charge in [0.2, 0.25) is 0 Å². The Labute approximate surface area is 166 Å². The maximum absolute atomic E-state index is 5.56. The second kappa shape index (κ2) is 9.82. The summed E-state index contributed by atoms with van der Waals surface area (Å²) >= 11 is 0. The molecule has 0 spiro atoms. The molecular weight excluding hydrogens is 354 g/mol. The Bertz CT molecular complexity index is 803. The number of benzene rings is 1. The molecule has 0 saturated carbocycles. The van der Waals surface area contributed by atoms with E-state index in [0.717, 1.165) is 30.3 Å². The Morgan fingerprint density at radius 1 is 1.18 bits per heavy atom. The van der Waals surface area contributed by atoms with Gasteiger partial charge in [-0.2, -0.15) is 0 Å². The minimum absolute atomic E-state index is 0.595. The fraction of sp³-hybridized carbons (Fsp3) is 0.429. The third-order valence-electron chi connectivity index (χ3n) is 4.65. The highest BCUT2D eigenvalue weighted by molar-refractivity contribution is 5.93. The van der Waals surface area contributed by atoms with Gasteiger partial charge in [0.05, 0.1) is 13.7 Å². The molecule has 1 aromatic heterocycles. The zero-order valence-electron chi connectivity index (χ0n) is 16.9. The van der Waals surface area contributed by atoms with Crippen molar-refractivity contribution in [1.29, 1.82) is 0 Å². The van der Waals surface area contributed by atoms with E-state index in [1.165, 1.54) is 18.4 Å². The molecular formula is C21H29N5O2. The number of aromatic nitrogens is 1. The topological polar surface area (TPSA) is 71.0 Å². The Morgan fingerprint density at radius 2 is 2.00 bits per heavy atom. The first kappa shape index (κ1) is 19.8. The van der Waals surface area contributed by atoms with E-state index < -0.39 is 0 Å². The lowest BCUT2D eigenvalue weighted by Gasteiger charge is -2.18. The molecule has 1 aliphatic rings. The quantitative estimate of drug-likeness (QED) is 0.565. The molecule has 0 radical (unpaired) electrons. The summed E-state index contributed by atoms with van der Waals surface area (Å²) < 4.78 is 11.0. The third-order valence-corrected chi connectivity index (χ3v) is 4.65. The van der Waals surface area contributed by atoms with Crippen LogP contribution in [0.3, 0.4) is 0 Å². The predicted molar refractivity (Wildman–Crippen MR) is 114 cm³/mol. The van der Waals surface area contributed by atoms with E-state index in [4.69, 9.17) is 9.47 Å². The number of aliphatic imine (C=N–C) groups is 1. The molecule has 0 unspecified atom stereocenters. The average molecular weight is 383 g/mol. The molecule has 1 saturated heterocycles. The van der Waals surface area contributed by atoms with Gasteiger partial charge in [-0.1, -0.05) is 0 Å². The lowest BCUT2D eigenvalue weighted by Crippen LogP contribution is -2.30. The molecule has 1 fully saturated rings. The van der Waals surface area contributed by atoms with Gasteiger partial charge < -0.3 is 25.0 Å². The van der Waals surface area contributed by atoms with Crippen LogP contribution in [0.5, 0.6) is 11.5 Å². The van der Waals surface area contributed by atoms with E-state index in [0.29, 0.717) is 24.9 Å². The summed E-state index contributed by atoms with van der Waals surface area (Å²) in [5.41, 5.74) is 2.05. The SMILES string of the molecule is CCOc1ccc(NC(=NC)NCc2ccnc(N3CCCC3)c2)cc1OC. The molecule has 3 rings (SSSR count). The molecule has 150 valence electrons. The first-order chi connectivity index (χ1) is 13.7. The number of nitrogens with one attached hydrogen (secondary N) is 2. The van der Waals surface area contributed by atoms with Gasteiger partial charge in [-0.25, -0.2) is 4.98 Å². The van der Waals surface area contributed by atoms with E-state index in [1.54, 1.807) is 14.2 Å². The average Bonchev–Trinajstić information content (AvgIpc) is 3.27. The van der Waals surface area contributed by atoms with E-state index >= 15 is 0 Å². The minimum Gasteiger partial charge on any atom is -0.493 e. The van der Waals surface area contributed by atoms with Crippen LogP contribution in [0.1, 0.15) is 25.3 Å². The van der Waals surface area contributed by atoms with Crippen molar-refractivity contribution >= 4 is 17.5 Å². The van der Waals surface area contributed by atoms with Crippen LogP contribution < -0.4 is 25.0 Å². The second-order valence-corrected chi connectivity index (χ2v) is 6.57. The van der Waals surface area contributed by atoms with Crippen LogP contribution in [0.15, 0.2) is 41.5 Å². The normalized spacial score (nSPS) is 14.1. The highest BCUT2D eigenvalue weighted by Crippen LogP contribution is 2.30. The van der Waals surface area contributed by atoms with Gasteiger partial charge in [-0.05, 0) is 49.6 Å². The van der Waals surface area contributed by atoms with Crippen LogP contribution in [-0.2, 0) is 6.54 Å². The highest BCUT2D eigenvalue weighted by atomic mass is 16.5. The summed E-state index contributed by atoms with van der Waals surface area (Å²) in [5.74, 6) is 3.15. The van der Waals surface area contributed by atoms with Crippen LogP contribution in [0.4, 0.5) is 11.5 Å². The van der Waals surface area contributed by atoms with E-state index in [1.807, 2.05) is 37.4 Å². The number of pyridine rings is 1. The van der Waals surface area contributed by atoms with Gasteiger partial charge in [0.15, 0.2) is 17.5 Å². The van der Waals surface area contributed by atoms with Crippen LogP contribution >= 0.6 is 0 Å². The molecule has 2 aromatic rings. The molecule has 0 bridgehead atoms. The number of nitrogens with zero attached hydrogens (tertiary/aromatic N) is 3. The molecule has 7 nitrogen and oxygen atoms in total. The number of hydrogen-bond donors (Lipinski definition) is 2. The minimum atomic E-state index is 0.595. The maximum Gasteiger partial charge on any atom is 0.195 e. The largest absolute Gasteiger partial charge is 0.493 e. The first-order valence-electron chi connectivity index (χ1n) is 9.72. The van der Waals surface area contributed by atoms with Crippen molar-refractivity contribution in [2.45, 2.75) is 26.3 Å². The predicted octanol–water partition coefficient (Wildman–Crippen LogP) is 3.28. The molecule has 7 heteroatoms. The number of methoxy groups -OCH3 is 1. The highest BCUT2D eigenvalue weighted by Gasteiger charge is 2.13. The molecule has 2 N–H and O–H groups in total. The van der Waals surface area contributed by atoms with Gasteiger partial charge >= 0.3 is 0 Å². The summed E-state index contributed by atoms with van der Waals surface area (Å²) in [5, 5.41) is 6.64. The van der Waals surface area contributed by atoms with Crippen molar-refractivity contribution in [3.63, 3.8) is 0 Å². The fourth-order valence-electron chi connectivity index (χ4n) is 3.21. The molecule has 1 aromatic carbocycles. The summed E-state index contributed by atoms with van der Waals surface area (Å²) in [6.07, 6.45) is 4.36. The van der Waals surface area contributed by atoms with E-state index in [9.17, 15) is 0 Å². The summed E-state index contributed by atoms with van der Waals surface area (Å²) in [6.45, 7) is 5.39. The van der Waals surface area contributed by atoms with Crippen LogP contribution in [0.2, 0.25) is 0 Å². The van der Waals surface area contributed by atoms with Gasteiger partial charge in [-0.15, -0.1) is 0 Å². The van der Waals surface area contributed by atoms with Crippen molar-refractivity contribution in [3.8, 4) is 11.5 Å². The third kappa shape index (κ3) is 5.06. The Balaban J connectivity index is 1.61. The zero-order chi connectivity index (χ0) is 19.8. The Morgan fingerprint density at radius 3 is 2.71 bits per heavy atom. The van der Waals surface area contributed by atoms with Gasteiger partial charge in [0.25, 0.3) is 0 Å². The summed E-state index contributed by atoms with van der Waals surface area (Å²) in [7, 11) is 3.39. The monoisotopic (exact) mass is 383 g/mol. The molecule has 1 aliphatic heterocycles. The van der Waals surface area contributed by atoms with E-state index in [-0.39, 0.29) is 0 Å². The standard InChI is InChI=1S/C21H29N5O2/c1-4-28-18-8-7-17(14-19(18)27-3)25-21(22-2)24-15-16-9-10-23-20(13-16)26-11-5-6-12-26/h7-10,13-14H,4-6,11-12,15H2,1-3H3,(H2,22,24,25). The molecule has 28 heavy (non-hydrogen) atoms. The van der Waals surface area contributed by atoms with E-state index in [2.05, 4.69) is 31.6 Å². The summed E-state index contributed by atoms with van der Waals surface area (Å²) in [4.78, 5) is 11.2. The molecule has 0 amide bonds.